The predicted octanol–water partition coefficient (Wildman–Crippen LogP) is 3.71. The first kappa shape index (κ1) is 17.5. The largest absolute Gasteiger partial charge is 0.336 e. The van der Waals surface area contributed by atoms with E-state index in [2.05, 4.69) is 15.9 Å². The summed E-state index contributed by atoms with van der Waals surface area (Å²) in [5, 5.41) is -0.243. The van der Waals surface area contributed by atoms with E-state index in [0.29, 0.717) is 20.6 Å². The van der Waals surface area contributed by atoms with Crippen molar-refractivity contribution in [3.8, 4) is 0 Å². The van der Waals surface area contributed by atoms with Gasteiger partial charge in [0.25, 0.3) is 5.91 Å². The number of rotatable bonds is 2. The maximum atomic E-state index is 12.7. The van der Waals surface area contributed by atoms with E-state index in [9.17, 15) is 13.2 Å². The topological polar surface area (TPSA) is 54.5 Å². The van der Waals surface area contributed by atoms with Crippen LogP contribution in [0, 0.1) is 0 Å². The quantitative estimate of drug-likeness (QED) is 0.732. The Balaban J connectivity index is 1.87. The minimum atomic E-state index is -3.27. The first-order valence-electron chi connectivity index (χ1n) is 7.39. The Morgan fingerprint density at radius 3 is 2.54 bits per heavy atom. The molecule has 1 aliphatic heterocycles. The lowest BCUT2D eigenvalue weighted by Gasteiger charge is -2.33. The lowest BCUT2D eigenvalue weighted by atomic mass is 10.1. The van der Waals surface area contributed by atoms with Crippen molar-refractivity contribution in [3.63, 3.8) is 0 Å². The molecule has 0 N–H and O–H groups in total. The van der Waals surface area contributed by atoms with Gasteiger partial charge < -0.3 is 4.90 Å². The van der Waals surface area contributed by atoms with Crippen LogP contribution in [0.2, 0.25) is 5.02 Å². The Morgan fingerprint density at radius 2 is 1.88 bits per heavy atom. The Hall–Kier alpha value is -1.37. The molecular weight excluding hydrogens is 414 g/mol. The standard InChI is InChI=1S/C17H15BrClNO3S/c18-14-7-6-13(10-15(14)19)17(21)20-8-9-24(22,23)16(11-20)12-4-2-1-3-5-12/h1-7,10,16H,8-9,11H2/t16-/m1/s1. The SMILES string of the molecule is O=C(c1ccc(Br)c(Cl)c1)N1CCS(=O)(=O)[C@@H](c2ccccc2)C1. The second-order valence-corrected chi connectivity index (χ2v) is 9.21. The van der Waals surface area contributed by atoms with Crippen molar-refractivity contribution in [1.29, 1.82) is 0 Å². The highest BCUT2D eigenvalue weighted by atomic mass is 79.9. The van der Waals surface area contributed by atoms with E-state index >= 15 is 0 Å². The predicted molar refractivity (Wildman–Crippen MR) is 98.0 cm³/mol. The van der Waals surface area contributed by atoms with Gasteiger partial charge in [0, 0.05) is 23.1 Å². The zero-order valence-electron chi connectivity index (χ0n) is 12.7. The molecule has 0 unspecified atom stereocenters. The van der Waals surface area contributed by atoms with Crippen molar-refractivity contribution in [2.45, 2.75) is 5.25 Å². The first-order valence-corrected chi connectivity index (χ1v) is 10.3. The number of sulfone groups is 1. The molecule has 2 aromatic carbocycles. The lowest BCUT2D eigenvalue weighted by Crippen LogP contribution is -2.45. The smallest absolute Gasteiger partial charge is 0.253 e. The van der Waals surface area contributed by atoms with Crippen LogP contribution in [0.3, 0.4) is 0 Å². The maximum absolute atomic E-state index is 12.7. The van der Waals surface area contributed by atoms with Crippen LogP contribution in [0.1, 0.15) is 21.2 Å². The molecule has 0 spiro atoms. The molecule has 1 heterocycles. The van der Waals surface area contributed by atoms with Gasteiger partial charge in [-0.05, 0) is 39.7 Å². The molecule has 1 aliphatic rings. The average molecular weight is 429 g/mol. The molecule has 126 valence electrons. The normalized spacial score (nSPS) is 19.9. The molecule has 2 aromatic rings. The third kappa shape index (κ3) is 3.50. The molecular formula is C17H15BrClNO3S. The summed E-state index contributed by atoms with van der Waals surface area (Å²) in [7, 11) is -3.27. The third-order valence-corrected chi connectivity index (χ3v) is 7.36. The summed E-state index contributed by atoms with van der Waals surface area (Å²) in [6, 6.07) is 14.0. The molecule has 7 heteroatoms. The van der Waals surface area contributed by atoms with E-state index in [1.54, 1.807) is 47.4 Å². The van der Waals surface area contributed by atoms with Crippen LogP contribution in [0.15, 0.2) is 53.0 Å². The van der Waals surface area contributed by atoms with Crippen molar-refractivity contribution in [1.82, 2.24) is 4.90 Å². The molecule has 0 aliphatic carbocycles. The van der Waals surface area contributed by atoms with Gasteiger partial charge >= 0.3 is 0 Å². The van der Waals surface area contributed by atoms with E-state index in [4.69, 9.17) is 11.6 Å². The van der Waals surface area contributed by atoms with Crippen molar-refractivity contribution in [2.75, 3.05) is 18.8 Å². The fourth-order valence-corrected chi connectivity index (χ4v) is 4.93. The fraction of sp³-hybridized carbons (Fsp3) is 0.235. The van der Waals surface area contributed by atoms with Crippen LogP contribution < -0.4 is 0 Å². The van der Waals surface area contributed by atoms with Crippen molar-refractivity contribution < 1.29 is 13.2 Å². The first-order chi connectivity index (χ1) is 11.4. The van der Waals surface area contributed by atoms with E-state index in [1.165, 1.54) is 0 Å². The van der Waals surface area contributed by atoms with Gasteiger partial charge in [-0.2, -0.15) is 0 Å². The number of hydrogen-bond acceptors (Lipinski definition) is 3. The molecule has 0 aromatic heterocycles. The van der Waals surface area contributed by atoms with Gasteiger partial charge in [0.05, 0.1) is 10.8 Å². The zero-order chi connectivity index (χ0) is 17.3. The van der Waals surface area contributed by atoms with E-state index in [-0.39, 0.29) is 24.7 Å². The van der Waals surface area contributed by atoms with Gasteiger partial charge in [0.1, 0.15) is 5.25 Å². The zero-order valence-corrected chi connectivity index (χ0v) is 15.8. The van der Waals surface area contributed by atoms with Crippen molar-refractivity contribution in [3.05, 3.63) is 69.2 Å². The van der Waals surface area contributed by atoms with Crippen molar-refractivity contribution in [2.24, 2.45) is 0 Å². The number of amides is 1. The number of halogens is 2. The van der Waals surface area contributed by atoms with E-state index in [0.717, 1.165) is 0 Å². The lowest BCUT2D eigenvalue weighted by molar-refractivity contribution is 0.0758. The number of benzene rings is 2. The number of carbonyl (C=O) groups is 1. The Labute approximate surface area is 154 Å². The summed E-state index contributed by atoms with van der Waals surface area (Å²) in [5.74, 6) is -0.247. The van der Waals surface area contributed by atoms with Gasteiger partial charge in [-0.25, -0.2) is 8.42 Å². The molecule has 1 amide bonds. The summed E-state index contributed by atoms with van der Waals surface area (Å²) in [4.78, 5) is 14.3. The molecule has 1 fully saturated rings. The molecule has 0 bridgehead atoms. The molecule has 4 nitrogen and oxygen atoms in total. The minimum absolute atomic E-state index is 0.0391. The average Bonchev–Trinajstić information content (AvgIpc) is 2.57. The molecule has 3 rings (SSSR count). The summed E-state index contributed by atoms with van der Waals surface area (Å²) >= 11 is 9.35. The van der Waals surface area contributed by atoms with Gasteiger partial charge in [0.2, 0.25) is 0 Å². The van der Waals surface area contributed by atoms with Gasteiger partial charge in [0.15, 0.2) is 9.84 Å². The molecule has 0 saturated carbocycles. The second-order valence-electron chi connectivity index (χ2n) is 5.65. The van der Waals surface area contributed by atoms with Crippen LogP contribution in [-0.2, 0) is 9.84 Å². The van der Waals surface area contributed by atoms with Crippen LogP contribution in [0.25, 0.3) is 0 Å². The molecule has 0 radical (unpaired) electrons. The highest BCUT2D eigenvalue weighted by Crippen LogP contribution is 2.29. The third-order valence-electron chi connectivity index (χ3n) is 4.09. The number of nitrogens with zero attached hydrogens (tertiary/aromatic N) is 1. The van der Waals surface area contributed by atoms with Gasteiger partial charge in [-0.15, -0.1) is 0 Å². The Morgan fingerprint density at radius 1 is 1.17 bits per heavy atom. The van der Waals surface area contributed by atoms with E-state index < -0.39 is 15.1 Å². The van der Waals surface area contributed by atoms with E-state index in [1.807, 2.05) is 6.07 Å². The summed E-state index contributed by atoms with van der Waals surface area (Å²) < 4.78 is 25.6. The van der Waals surface area contributed by atoms with Gasteiger partial charge in [-0.3, -0.25) is 4.79 Å². The number of hydrogen-bond donors (Lipinski definition) is 0. The maximum Gasteiger partial charge on any atom is 0.253 e. The van der Waals surface area contributed by atoms with Crippen LogP contribution in [0.5, 0.6) is 0 Å². The van der Waals surface area contributed by atoms with Crippen molar-refractivity contribution >= 4 is 43.3 Å². The highest BCUT2D eigenvalue weighted by Gasteiger charge is 2.36. The molecule has 1 atom stereocenters. The van der Waals surface area contributed by atoms with Gasteiger partial charge in [-0.1, -0.05) is 41.9 Å². The molecule has 24 heavy (non-hydrogen) atoms. The second kappa shape index (κ2) is 6.86. The Kier molecular flexibility index (Phi) is 4.99. The highest BCUT2D eigenvalue weighted by molar-refractivity contribution is 9.10. The minimum Gasteiger partial charge on any atom is -0.336 e. The summed E-state index contributed by atoms with van der Waals surface area (Å²) in [5.41, 5.74) is 1.16. The number of carbonyl (C=O) groups excluding carboxylic acids is 1. The Bertz CT molecular complexity index is 871. The molecule has 1 saturated heterocycles. The fourth-order valence-electron chi connectivity index (χ4n) is 2.76. The van der Waals surface area contributed by atoms with Crippen LogP contribution >= 0.6 is 27.5 Å². The summed E-state index contributed by atoms with van der Waals surface area (Å²) in [6.45, 7) is 0.344. The summed E-state index contributed by atoms with van der Waals surface area (Å²) in [6.07, 6.45) is 0. The monoisotopic (exact) mass is 427 g/mol. The van der Waals surface area contributed by atoms with Crippen LogP contribution in [0.4, 0.5) is 0 Å². The van der Waals surface area contributed by atoms with Crippen LogP contribution in [-0.4, -0.2) is 38.1 Å².